The molecule has 0 aromatic carbocycles. The van der Waals surface area contributed by atoms with Crippen molar-refractivity contribution in [3.8, 4) is 11.1 Å². The minimum absolute atomic E-state index is 0.128. The number of rotatable bonds is 4. The third-order valence-corrected chi connectivity index (χ3v) is 5.02. The molecule has 1 atom stereocenters. The molecule has 154 valence electrons. The van der Waals surface area contributed by atoms with Gasteiger partial charge in [-0.25, -0.2) is 9.97 Å². The van der Waals surface area contributed by atoms with Gasteiger partial charge >= 0.3 is 0 Å². The summed E-state index contributed by atoms with van der Waals surface area (Å²) in [5, 5.41) is 2.57. The number of pyridine rings is 2. The maximum atomic E-state index is 11.6. The number of anilines is 1. The number of hydrogen-bond donors (Lipinski definition) is 1. The van der Waals surface area contributed by atoms with E-state index in [1.165, 1.54) is 0 Å². The molecule has 4 rings (SSSR count). The summed E-state index contributed by atoms with van der Waals surface area (Å²) in [6, 6.07) is 9.55. The standard InChI is InChI=1S/C22H24N6O2/c1-14-10-21(27-15(2)26-14)28-8-9-30-20(13-28)18-6-4-16(11-24-18)17-5-7-19(25-12-17)22(29)23-3/h4-7,10-12,20H,8-9,13H2,1-3H3,(H,23,29). The van der Waals surface area contributed by atoms with Crippen LogP contribution < -0.4 is 10.2 Å². The van der Waals surface area contributed by atoms with E-state index in [0.29, 0.717) is 18.8 Å². The molecule has 30 heavy (non-hydrogen) atoms. The molecule has 0 aliphatic carbocycles. The first kappa shape index (κ1) is 19.9. The van der Waals surface area contributed by atoms with E-state index in [1.807, 2.05) is 44.3 Å². The van der Waals surface area contributed by atoms with E-state index in [-0.39, 0.29) is 12.0 Å². The molecular formula is C22H24N6O2. The molecule has 3 aromatic rings. The summed E-state index contributed by atoms with van der Waals surface area (Å²) in [4.78, 5) is 31.6. The summed E-state index contributed by atoms with van der Waals surface area (Å²) in [5.41, 5.74) is 4.06. The molecule has 1 amide bonds. The average Bonchev–Trinajstić information content (AvgIpc) is 2.78. The molecule has 1 unspecified atom stereocenters. The molecule has 4 heterocycles. The van der Waals surface area contributed by atoms with Crippen molar-refractivity contribution in [1.29, 1.82) is 0 Å². The average molecular weight is 404 g/mol. The maximum absolute atomic E-state index is 11.6. The molecule has 0 saturated carbocycles. The summed E-state index contributed by atoms with van der Waals surface area (Å²) in [5.74, 6) is 1.49. The second-order valence-corrected chi connectivity index (χ2v) is 7.20. The molecule has 1 saturated heterocycles. The molecule has 1 N–H and O–H groups in total. The van der Waals surface area contributed by atoms with Crippen molar-refractivity contribution in [3.05, 3.63) is 65.6 Å². The van der Waals surface area contributed by atoms with E-state index in [9.17, 15) is 4.79 Å². The lowest BCUT2D eigenvalue weighted by Crippen LogP contribution is -2.39. The predicted molar refractivity (Wildman–Crippen MR) is 113 cm³/mol. The fraction of sp³-hybridized carbons (Fsp3) is 0.318. The van der Waals surface area contributed by atoms with E-state index in [2.05, 4.69) is 30.2 Å². The molecule has 3 aromatic heterocycles. The highest BCUT2D eigenvalue weighted by Crippen LogP contribution is 2.26. The zero-order valence-electron chi connectivity index (χ0n) is 17.3. The van der Waals surface area contributed by atoms with Crippen molar-refractivity contribution in [2.45, 2.75) is 20.0 Å². The fourth-order valence-electron chi connectivity index (χ4n) is 3.49. The van der Waals surface area contributed by atoms with Crippen molar-refractivity contribution >= 4 is 11.7 Å². The van der Waals surface area contributed by atoms with Crippen LogP contribution in [-0.2, 0) is 4.74 Å². The highest BCUT2D eigenvalue weighted by molar-refractivity contribution is 5.92. The minimum atomic E-state index is -0.205. The van der Waals surface area contributed by atoms with Gasteiger partial charge in [-0.1, -0.05) is 12.1 Å². The van der Waals surface area contributed by atoms with E-state index >= 15 is 0 Å². The van der Waals surface area contributed by atoms with Gasteiger partial charge in [0.05, 0.1) is 18.8 Å². The third-order valence-electron chi connectivity index (χ3n) is 5.02. The first-order chi connectivity index (χ1) is 14.5. The van der Waals surface area contributed by atoms with Crippen molar-refractivity contribution in [1.82, 2.24) is 25.3 Å². The summed E-state index contributed by atoms with van der Waals surface area (Å²) in [7, 11) is 1.59. The van der Waals surface area contributed by atoms with E-state index in [4.69, 9.17) is 4.74 Å². The topological polar surface area (TPSA) is 93.1 Å². The van der Waals surface area contributed by atoms with Crippen LogP contribution in [0.15, 0.2) is 42.7 Å². The number of aromatic nitrogens is 4. The summed E-state index contributed by atoms with van der Waals surface area (Å²) >= 11 is 0. The van der Waals surface area contributed by atoms with Crippen LogP contribution in [-0.4, -0.2) is 52.6 Å². The fourth-order valence-corrected chi connectivity index (χ4v) is 3.49. The molecule has 1 fully saturated rings. The lowest BCUT2D eigenvalue weighted by Gasteiger charge is -2.33. The molecular weight excluding hydrogens is 380 g/mol. The van der Waals surface area contributed by atoms with Crippen LogP contribution in [0.4, 0.5) is 5.82 Å². The second-order valence-electron chi connectivity index (χ2n) is 7.20. The molecule has 1 aliphatic rings. The van der Waals surface area contributed by atoms with Crippen LogP contribution >= 0.6 is 0 Å². The van der Waals surface area contributed by atoms with Gasteiger partial charge in [0, 0.05) is 48.9 Å². The van der Waals surface area contributed by atoms with Gasteiger partial charge in [0.25, 0.3) is 5.91 Å². The van der Waals surface area contributed by atoms with Crippen molar-refractivity contribution in [3.63, 3.8) is 0 Å². The number of ether oxygens (including phenoxy) is 1. The summed E-state index contributed by atoms with van der Waals surface area (Å²) in [6.07, 6.45) is 3.37. The van der Waals surface area contributed by atoms with Crippen LogP contribution in [0.25, 0.3) is 11.1 Å². The number of hydrogen-bond acceptors (Lipinski definition) is 7. The zero-order chi connectivity index (χ0) is 21.1. The summed E-state index contributed by atoms with van der Waals surface area (Å²) in [6.45, 7) is 5.97. The number of nitrogens with one attached hydrogen (secondary N) is 1. The Morgan fingerprint density at radius 2 is 1.87 bits per heavy atom. The highest BCUT2D eigenvalue weighted by Gasteiger charge is 2.24. The number of carbonyl (C=O) groups excluding carboxylic acids is 1. The van der Waals surface area contributed by atoms with Crippen LogP contribution in [0, 0.1) is 13.8 Å². The monoisotopic (exact) mass is 404 g/mol. The lowest BCUT2D eigenvalue weighted by molar-refractivity contribution is 0.0367. The van der Waals surface area contributed by atoms with Gasteiger partial charge in [0.1, 0.15) is 23.4 Å². The SMILES string of the molecule is CNC(=O)c1ccc(-c2ccc(C3CN(c4cc(C)nc(C)n4)CCO3)nc2)cn1. The quantitative estimate of drug-likeness (QED) is 0.714. The normalized spacial score (nSPS) is 16.4. The van der Waals surface area contributed by atoms with Gasteiger partial charge < -0.3 is 15.0 Å². The van der Waals surface area contributed by atoms with Gasteiger partial charge in [-0.05, 0) is 26.0 Å². The molecule has 0 bridgehead atoms. The lowest BCUT2D eigenvalue weighted by atomic mass is 10.1. The van der Waals surface area contributed by atoms with Crippen LogP contribution in [0.5, 0.6) is 0 Å². The Morgan fingerprint density at radius 1 is 1.10 bits per heavy atom. The molecule has 8 nitrogen and oxygen atoms in total. The van der Waals surface area contributed by atoms with E-state index in [1.54, 1.807) is 19.3 Å². The zero-order valence-corrected chi connectivity index (χ0v) is 17.3. The Bertz CT molecular complexity index is 1020. The van der Waals surface area contributed by atoms with Gasteiger partial charge in [-0.2, -0.15) is 0 Å². The van der Waals surface area contributed by atoms with Crippen molar-refractivity contribution in [2.75, 3.05) is 31.6 Å². The number of nitrogens with zero attached hydrogens (tertiary/aromatic N) is 5. The van der Waals surface area contributed by atoms with Gasteiger partial charge in [0.15, 0.2) is 0 Å². The van der Waals surface area contributed by atoms with Crippen molar-refractivity contribution in [2.24, 2.45) is 0 Å². The summed E-state index contributed by atoms with van der Waals surface area (Å²) < 4.78 is 5.97. The van der Waals surface area contributed by atoms with Gasteiger partial charge in [0.2, 0.25) is 0 Å². The minimum Gasteiger partial charge on any atom is -0.368 e. The number of aryl methyl sites for hydroxylation is 2. The Morgan fingerprint density at radius 3 is 2.50 bits per heavy atom. The number of amides is 1. The van der Waals surface area contributed by atoms with Crippen molar-refractivity contribution < 1.29 is 9.53 Å². The molecule has 1 aliphatic heterocycles. The van der Waals surface area contributed by atoms with Gasteiger partial charge in [-0.15, -0.1) is 0 Å². The predicted octanol–water partition coefficient (Wildman–Crippen LogP) is 2.49. The largest absolute Gasteiger partial charge is 0.368 e. The Kier molecular flexibility index (Phi) is 5.67. The maximum Gasteiger partial charge on any atom is 0.269 e. The smallest absolute Gasteiger partial charge is 0.269 e. The number of morpholine rings is 1. The van der Waals surface area contributed by atoms with E-state index < -0.39 is 0 Å². The first-order valence-electron chi connectivity index (χ1n) is 9.87. The number of carbonyl (C=O) groups is 1. The molecule has 0 spiro atoms. The van der Waals surface area contributed by atoms with Crippen LogP contribution in [0.2, 0.25) is 0 Å². The second kappa shape index (κ2) is 8.54. The van der Waals surface area contributed by atoms with E-state index in [0.717, 1.165) is 40.7 Å². The van der Waals surface area contributed by atoms with Gasteiger partial charge in [-0.3, -0.25) is 14.8 Å². The Labute approximate surface area is 175 Å². The third kappa shape index (κ3) is 4.28. The molecule has 0 radical (unpaired) electrons. The molecule has 8 heteroatoms. The van der Waals surface area contributed by atoms with Crippen LogP contribution in [0.3, 0.4) is 0 Å². The Balaban J connectivity index is 1.49. The first-order valence-corrected chi connectivity index (χ1v) is 9.87. The Hall–Kier alpha value is -3.39. The highest BCUT2D eigenvalue weighted by atomic mass is 16.5. The van der Waals surface area contributed by atoms with Crippen LogP contribution in [0.1, 0.15) is 33.8 Å².